The lowest BCUT2D eigenvalue weighted by Crippen LogP contribution is -2.52. The number of hydrogen-bond acceptors (Lipinski definition) is 5. The number of non-ortho nitro benzene ring substituents is 1. The number of carbonyl (C=O) groups excluding carboxylic acids is 1. The summed E-state index contributed by atoms with van der Waals surface area (Å²) in [4.78, 5) is 24.0. The van der Waals surface area contributed by atoms with E-state index in [-0.39, 0.29) is 29.6 Å². The third kappa shape index (κ3) is 3.73. The van der Waals surface area contributed by atoms with Crippen molar-refractivity contribution in [2.24, 2.45) is 5.41 Å². The predicted octanol–water partition coefficient (Wildman–Crippen LogP) is 1.47. The van der Waals surface area contributed by atoms with E-state index in [9.17, 15) is 23.3 Å². The maximum absolute atomic E-state index is 12.6. The van der Waals surface area contributed by atoms with Crippen molar-refractivity contribution in [1.29, 1.82) is 0 Å². The zero-order chi connectivity index (χ0) is 18.1. The summed E-state index contributed by atoms with van der Waals surface area (Å²) in [6.45, 7) is 6.43. The monoisotopic (exact) mass is 355 g/mol. The second-order valence-corrected chi connectivity index (χ2v) is 8.64. The number of nitrogens with zero attached hydrogens (tertiary/aromatic N) is 3. The molecule has 1 aliphatic heterocycles. The Balaban J connectivity index is 2.15. The minimum atomic E-state index is -3.81. The second kappa shape index (κ2) is 6.48. The molecular weight excluding hydrogens is 334 g/mol. The first kappa shape index (κ1) is 18.3. The number of nitro benzene ring substituents is 1. The maximum Gasteiger partial charge on any atom is 0.270 e. The van der Waals surface area contributed by atoms with Gasteiger partial charge in [0.05, 0.1) is 9.82 Å². The largest absolute Gasteiger partial charge is 0.340 e. The topological polar surface area (TPSA) is 101 Å². The molecule has 1 amide bonds. The molecule has 0 radical (unpaired) electrons. The molecule has 9 heteroatoms. The number of amides is 1. The van der Waals surface area contributed by atoms with Crippen LogP contribution in [0.2, 0.25) is 0 Å². The lowest BCUT2D eigenvalue weighted by Gasteiger charge is -2.37. The van der Waals surface area contributed by atoms with Gasteiger partial charge in [-0.25, -0.2) is 8.42 Å². The fourth-order valence-electron chi connectivity index (χ4n) is 2.51. The summed E-state index contributed by atoms with van der Waals surface area (Å²) in [5.41, 5.74) is -0.779. The van der Waals surface area contributed by atoms with Crippen molar-refractivity contribution in [3.63, 3.8) is 0 Å². The molecule has 1 heterocycles. The van der Waals surface area contributed by atoms with Crippen LogP contribution in [0.25, 0.3) is 0 Å². The van der Waals surface area contributed by atoms with Gasteiger partial charge in [-0.1, -0.05) is 26.8 Å². The zero-order valence-corrected chi connectivity index (χ0v) is 14.7. The van der Waals surface area contributed by atoms with Crippen LogP contribution in [0.3, 0.4) is 0 Å². The quantitative estimate of drug-likeness (QED) is 0.604. The SMILES string of the molecule is CC(C)(C)C(=O)N1CCN(S(=O)(=O)c2cccc([N+](=O)[O-])c2)CC1. The Morgan fingerprint density at radius 2 is 1.75 bits per heavy atom. The van der Waals surface area contributed by atoms with Crippen molar-refractivity contribution in [1.82, 2.24) is 9.21 Å². The van der Waals surface area contributed by atoms with E-state index >= 15 is 0 Å². The van der Waals surface area contributed by atoms with Crippen molar-refractivity contribution in [3.05, 3.63) is 34.4 Å². The van der Waals surface area contributed by atoms with Crippen LogP contribution in [0.1, 0.15) is 20.8 Å². The van der Waals surface area contributed by atoms with E-state index in [4.69, 9.17) is 0 Å². The van der Waals surface area contributed by atoms with Crippen molar-refractivity contribution >= 4 is 21.6 Å². The molecule has 1 aromatic carbocycles. The number of hydrogen-bond donors (Lipinski definition) is 0. The highest BCUT2D eigenvalue weighted by atomic mass is 32.2. The maximum atomic E-state index is 12.6. The molecule has 0 aliphatic carbocycles. The lowest BCUT2D eigenvalue weighted by atomic mass is 9.94. The highest BCUT2D eigenvalue weighted by Gasteiger charge is 2.34. The molecular formula is C15H21N3O5S. The lowest BCUT2D eigenvalue weighted by molar-refractivity contribution is -0.385. The van der Waals surface area contributed by atoms with Gasteiger partial charge in [0.15, 0.2) is 0 Å². The summed E-state index contributed by atoms with van der Waals surface area (Å²) in [7, 11) is -3.81. The van der Waals surface area contributed by atoms with E-state index in [0.29, 0.717) is 13.1 Å². The molecule has 0 aromatic heterocycles. The van der Waals surface area contributed by atoms with Gasteiger partial charge in [-0.2, -0.15) is 4.31 Å². The standard InChI is InChI=1S/C15H21N3O5S/c1-15(2,3)14(19)16-7-9-17(10-8-16)24(22,23)13-6-4-5-12(11-13)18(20)21/h4-6,11H,7-10H2,1-3H3. The van der Waals surface area contributed by atoms with Gasteiger partial charge in [-0.15, -0.1) is 0 Å². The summed E-state index contributed by atoms with van der Waals surface area (Å²) in [6.07, 6.45) is 0. The molecule has 2 rings (SSSR count). The van der Waals surface area contributed by atoms with Crippen LogP contribution in [0.15, 0.2) is 29.2 Å². The first-order valence-electron chi connectivity index (χ1n) is 7.57. The van der Waals surface area contributed by atoms with Gasteiger partial charge in [0.2, 0.25) is 15.9 Å². The molecule has 132 valence electrons. The van der Waals surface area contributed by atoms with Gasteiger partial charge in [-0.3, -0.25) is 14.9 Å². The first-order valence-corrected chi connectivity index (χ1v) is 9.01. The first-order chi connectivity index (χ1) is 11.0. The fourth-order valence-corrected chi connectivity index (χ4v) is 3.97. The summed E-state index contributed by atoms with van der Waals surface area (Å²) < 4.78 is 26.5. The van der Waals surface area contributed by atoms with Crippen LogP contribution in [0.4, 0.5) is 5.69 Å². The average molecular weight is 355 g/mol. The van der Waals surface area contributed by atoms with E-state index in [1.807, 2.05) is 20.8 Å². The number of carbonyl (C=O) groups is 1. The van der Waals surface area contributed by atoms with Crippen LogP contribution in [-0.4, -0.2) is 54.6 Å². The molecule has 0 unspecified atom stereocenters. The second-order valence-electron chi connectivity index (χ2n) is 6.70. The molecule has 1 fully saturated rings. The Morgan fingerprint density at radius 1 is 1.17 bits per heavy atom. The molecule has 1 aromatic rings. The Morgan fingerprint density at radius 3 is 2.25 bits per heavy atom. The van der Waals surface area contributed by atoms with E-state index in [1.165, 1.54) is 22.5 Å². The van der Waals surface area contributed by atoms with E-state index < -0.39 is 20.4 Å². The number of benzene rings is 1. The number of piperazine rings is 1. The average Bonchev–Trinajstić information content (AvgIpc) is 2.53. The van der Waals surface area contributed by atoms with Gasteiger partial charge < -0.3 is 4.90 Å². The highest BCUT2D eigenvalue weighted by Crippen LogP contribution is 2.23. The van der Waals surface area contributed by atoms with E-state index in [0.717, 1.165) is 6.07 Å². The van der Waals surface area contributed by atoms with Crippen LogP contribution in [0, 0.1) is 15.5 Å². The zero-order valence-electron chi connectivity index (χ0n) is 13.9. The molecule has 0 bridgehead atoms. The summed E-state index contributed by atoms with van der Waals surface area (Å²) >= 11 is 0. The molecule has 8 nitrogen and oxygen atoms in total. The minimum Gasteiger partial charge on any atom is -0.340 e. The highest BCUT2D eigenvalue weighted by molar-refractivity contribution is 7.89. The van der Waals surface area contributed by atoms with Gasteiger partial charge >= 0.3 is 0 Å². The van der Waals surface area contributed by atoms with Crippen LogP contribution in [-0.2, 0) is 14.8 Å². The van der Waals surface area contributed by atoms with Crippen LogP contribution >= 0.6 is 0 Å². The van der Waals surface area contributed by atoms with E-state index in [2.05, 4.69) is 0 Å². The minimum absolute atomic E-state index is 0.0186. The number of sulfonamides is 1. The van der Waals surface area contributed by atoms with E-state index in [1.54, 1.807) is 4.90 Å². The Labute approximate surface area is 141 Å². The Kier molecular flexibility index (Phi) is 4.95. The summed E-state index contributed by atoms with van der Waals surface area (Å²) in [5, 5.41) is 10.8. The molecule has 24 heavy (non-hydrogen) atoms. The van der Waals surface area contributed by atoms with Crippen molar-refractivity contribution in [2.45, 2.75) is 25.7 Å². The van der Waals surface area contributed by atoms with Crippen LogP contribution in [0.5, 0.6) is 0 Å². The van der Waals surface area contributed by atoms with Crippen molar-refractivity contribution in [3.8, 4) is 0 Å². The smallest absolute Gasteiger partial charge is 0.270 e. The summed E-state index contributed by atoms with van der Waals surface area (Å²) in [6, 6.07) is 5.00. The fraction of sp³-hybridized carbons (Fsp3) is 0.533. The molecule has 0 N–H and O–H groups in total. The van der Waals surface area contributed by atoms with Gasteiger partial charge in [0.1, 0.15) is 0 Å². The molecule has 0 saturated carbocycles. The summed E-state index contributed by atoms with van der Waals surface area (Å²) in [5.74, 6) is -0.0186. The number of nitro groups is 1. The molecule has 0 spiro atoms. The molecule has 0 atom stereocenters. The van der Waals surface area contributed by atoms with Gasteiger partial charge in [0.25, 0.3) is 5.69 Å². The van der Waals surface area contributed by atoms with Crippen molar-refractivity contribution in [2.75, 3.05) is 26.2 Å². The molecule has 1 saturated heterocycles. The molecule has 1 aliphatic rings. The predicted molar refractivity (Wildman–Crippen MR) is 87.9 cm³/mol. The van der Waals surface area contributed by atoms with Crippen LogP contribution < -0.4 is 0 Å². The van der Waals surface area contributed by atoms with Crippen molar-refractivity contribution < 1.29 is 18.1 Å². The Bertz CT molecular complexity index is 747. The third-order valence-corrected chi connectivity index (χ3v) is 5.73. The Hall–Kier alpha value is -2.00. The van der Waals surface area contributed by atoms with Gasteiger partial charge in [0, 0.05) is 43.7 Å². The third-order valence-electron chi connectivity index (χ3n) is 3.83. The normalized spacial score (nSPS) is 16.9. The number of rotatable bonds is 3. The van der Waals surface area contributed by atoms with Gasteiger partial charge in [-0.05, 0) is 6.07 Å².